The number of hydrogen-bond acceptors (Lipinski definition) is 8. The van der Waals surface area contributed by atoms with Crippen LogP contribution >= 0.6 is 0 Å². The van der Waals surface area contributed by atoms with E-state index in [4.69, 9.17) is 19.3 Å². The Hall–Kier alpha value is -0.970. The van der Waals surface area contributed by atoms with Crippen molar-refractivity contribution >= 4 is 6.09 Å². The molecular weight excluding hydrogens is 310 g/mol. The molecule has 0 spiro atoms. The van der Waals surface area contributed by atoms with Gasteiger partial charge in [0.1, 0.15) is 30.0 Å². The summed E-state index contributed by atoms with van der Waals surface area (Å²) in [4.78, 5) is 11.4. The monoisotopic (exact) mass is 337 g/mol. The van der Waals surface area contributed by atoms with Gasteiger partial charge in [0.25, 0.3) is 0 Å². The fourth-order valence-corrected chi connectivity index (χ4v) is 1.98. The van der Waals surface area contributed by atoms with Gasteiger partial charge in [0.2, 0.25) is 0 Å². The molecule has 0 bridgehead atoms. The molecule has 23 heavy (non-hydrogen) atoms. The molecule has 1 saturated heterocycles. The zero-order valence-corrected chi connectivity index (χ0v) is 13.6. The average Bonchev–Trinajstić information content (AvgIpc) is 2.44. The van der Waals surface area contributed by atoms with Crippen molar-refractivity contribution in [2.45, 2.75) is 63.5 Å². The third-order valence-corrected chi connectivity index (χ3v) is 3.12. The molecule has 1 aliphatic heterocycles. The Labute approximate surface area is 135 Å². The predicted octanol–water partition coefficient (Wildman–Crippen LogP) is -1.28. The van der Waals surface area contributed by atoms with E-state index >= 15 is 0 Å². The van der Waals surface area contributed by atoms with E-state index in [1.54, 1.807) is 20.8 Å². The first-order valence-electron chi connectivity index (χ1n) is 7.54. The minimum Gasteiger partial charge on any atom is -0.444 e. The zero-order valence-electron chi connectivity index (χ0n) is 13.6. The molecule has 1 fully saturated rings. The van der Waals surface area contributed by atoms with Crippen LogP contribution < -0.4 is 5.32 Å². The molecule has 9 nitrogen and oxygen atoms in total. The van der Waals surface area contributed by atoms with E-state index in [1.165, 1.54) is 0 Å². The molecule has 0 aromatic rings. The van der Waals surface area contributed by atoms with Crippen molar-refractivity contribution in [1.82, 2.24) is 5.32 Å². The number of nitrogens with one attached hydrogen (secondary N) is 1. The first-order valence-corrected chi connectivity index (χ1v) is 7.54. The second-order valence-electron chi connectivity index (χ2n) is 6.35. The lowest BCUT2D eigenvalue weighted by atomic mass is 9.99. The number of ether oxygens (including phenoxy) is 3. The smallest absolute Gasteiger partial charge is 0.407 e. The van der Waals surface area contributed by atoms with Crippen molar-refractivity contribution in [3.05, 3.63) is 0 Å². The van der Waals surface area contributed by atoms with E-state index in [-0.39, 0.29) is 6.61 Å². The molecule has 0 aliphatic carbocycles. The molecule has 0 saturated carbocycles. The van der Waals surface area contributed by atoms with Crippen LogP contribution in [0, 0.1) is 0 Å². The van der Waals surface area contributed by atoms with Crippen LogP contribution in [0.25, 0.3) is 0 Å². The fraction of sp³-hybridized carbons (Fsp3) is 0.929. The summed E-state index contributed by atoms with van der Waals surface area (Å²) in [5, 5.41) is 40.6. The van der Waals surface area contributed by atoms with Crippen molar-refractivity contribution in [3.8, 4) is 0 Å². The largest absolute Gasteiger partial charge is 0.444 e. The molecule has 0 unspecified atom stereocenters. The third kappa shape index (κ3) is 6.58. The molecule has 0 radical (unpaired) electrons. The number of rotatable bonds is 6. The van der Waals surface area contributed by atoms with Crippen LogP contribution in [0.4, 0.5) is 4.79 Å². The highest BCUT2D eigenvalue weighted by atomic mass is 16.7. The Balaban J connectivity index is 2.26. The predicted molar refractivity (Wildman–Crippen MR) is 78.6 cm³/mol. The van der Waals surface area contributed by atoms with Gasteiger partial charge in [-0.15, -0.1) is 0 Å². The van der Waals surface area contributed by atoms with Gasteiger partial charge in [0, 0.05) is 6.54 Å². The second kappa shape index (κ2) is 8.76. The van der Waals surface area contributed by atoms with Crippen LogP contribution in [0.1, 0.15) is 27.2 Å². The van der Waals surface area contributed by atoms with Gasteiger partial charge in [0.15, 0.2) is 6.29 Å². The van der Waals surface area contributed by atoms with Crippen LogP contribution in [-0.2, 0) is 14.2 Å². The molecule has 1 rings (SSSR count). The number of aliphatic hydroxyl groups is 4. The lowest BCUT2D eigenvalue weighted by Crippen LogP contribution is -2.59. The molecule has 1 heterocycles. The zero-order chi connectivity index (χ0) is 17.6. The van der Waals surface area contributed by atoms with Crippen molar-refractivity contribution in [2.75, 3.05) is 19.8 Å². The first kappa shape index (κ1) is 20.1. The highest BCUT2D eigenvalue weighted by Crippen LogP contribution is 2.21. The molecule has 5 N–H and O–H groups in total. The molecule has 1 amide bonds. The van der Waals surface area contributed by atoms with Gasteiger partial charge >= 0.3 is 6.09 Å². The molecule has 5 atom stereocenters. The van der Waals surface area contributed by atoms with Gasteiger partial charge in [-0.2, -0.15) is 0 Å². The molecule has 9 heteroatoms. The normalized spacial score (nSPS) is 31.7. The highest BCUT2D eigenvalue weighted by Gasteiger charge is 2.43. The van der Waals surface area contributed by atoms with Gasteiger partial charge in [-0.1, -0.05) is 0 Å². The number of carbonyl (C=O) groups is 1. The molecule has 0 aromatic heterocycles. The van der Waals surface area contributed by atoms with Crippen molar-refractivity contribution in [2.24, 2.45) is 0 Å². The summed E-state index contributed by atoms with van der Waals surface area (Å²) < 4.78 is 15.5. The Morgan fingerprint density at radius 3 is 2.39 bits per heavy atom. The number of amides is 1. The van der Waals surface area contributed by atoms with Crippen LogP contribution in [0.5, 0.6) is 0 Å². The van der Waals surface area contributed by atoms with E-state index < -0.39 is 49.0 Å². The molecular formula is C14H27NO8. The number of hydrogen-bond donors (Lipinski definition) is 5. The SMILES string of the molecule is CC(C)(C)OC(=O)NCCCO[C@H]1O[C@H](CO)[C@H](O)[C@H](O)[C@H]1O. The van der Waals surface area contributed by atoms with E-state index in [0.717, 1.165) is 0 Å². The minimum atomic E-state index is -1.47. The van der Waals surface area contributed by atoms with Crippen LogP contribution in [0.15, 0.2) is 0 Å². The Bertz CT molecular complexity index is 370. The van der Waals surface area contributed by atoms with Gasteiger partial charge in [-0.25, -0.2) is 4.79 Å². The van der Waals surface area contributed by atoms with E-state index in [1.807, 2.05) is 0 Å². The van der Waals surface area contributed by atoms with Gasteiger partial charge in [-0.3, -0.25) is 0 Å². The maximum absolute atomic E-state index is 11.4. The lowest BCUT2D eigenvalue weighted by molar-refractivity contribution is -0.301. The summed E-state index contributed by atoms with van der Waals surface area (Å²) in [6.45, 7) is 5.20. The van der Waals surface area contributed by atoms with Gasteiger partial charge < -0.3 is 40.0 Å². The maximum Gasteiger partial charge on any atom is 0.407 e. The topological polar surface area (TPSA) is 138 Å². The van der Waals surface area contributed by atoms with Gasteiger partial charge in [-0.05, 0) is 27.2 Å². The maximum atomic E-state index is 11.4. The van der Waals surface area contributed by atoms with Crippen LogP contribution in [0.2, 0.25) is 0 Å². The van der Waals surface area contributed by atoms with Crippen molar-refractivity contribution < 1.29 is 39.4 Å². The summed E-state index contributed by atoms with van der Waals surface area (Å²) in [5.74, 6) is 0. The van der Waals surface area contributed by atoms with E-state index in [2.05, 4.69) is 5.32 Å². The number of alkyl carbamates (subject to hydrolysis) is 1. The molecule has 136 valence electrons. The lowest BCUT2D eigenvalue weighted by Gasteiger charge is -2.39. The quantitative estimate of drug-likeness (QED) is 0.378. The van der Waals surface area contributed by atoms with Crippen LogP contribution in [0.3, 0.4) is 0 Å². The van der Waals surface area contributed by atoms with E-state index in [9.17, 15) is 20.1 Å². The molecule has 1 aliphatic rings. The van der Waals surface area contributed by atoms with Crippen LogP contribution in [-0.4, -0.2) is 82.6 Å². The Morgan fingerprint density at radius 1 is 1.17 bits per heavy atom. The van der Waals surface area contributed by atoms with Crippen molar-refractivity contribution in [1.29, 1.82) is 0 Å². The highest BCUT2D eigenvalue weighted by molar-refractivity contribution is 5.67. The Kier molecular flexibility index (Phi) is 7.65. The second-order valence-corrected chi connectivity index (χ2v) is 6.35. The van der Waals surface area contributed by atoms with Gasteiger partial charge in [0.05, 0.1) is 13.2 Å². The fourth-order valence-electron chi connectivity index (χ4n) is 1.98. The average molecular weight is 337 g/mol. The summed E-state index contributed by atoms with van der Waals surface area (Å²) >= 11 is 0. The van der Waals surface area contributed by atoms with E-state index in [0.29, 0.717) is 13.0 Å². The summed E-state index contributed by atoms with van der Waals surface area (Å²) in [6.07, 6.45) is -6.58. The molecule has 0 aromatic carbocycles. The third-order valence-electron chi connectivity index (χ3n) is 3.12. The number of carbonyl (C=O) groups excluding carboxylic acids is 1. The summed E-state index contributed by atoms with van der Waals surface area (Å²) in [5.41, 5.74) is -0.573. The standard InChI is InChI=1S/C14H27NO8/c1-14(2,3)23-13(20)15-5-4-6-21-12-11(19)10(18)9(17)8(7-16)22-12/h8-12,16-19H,4-7H2,1-3H3,(H,15,20)/t8-,9+,10+,11-,12+/m1/s1. The first-order chi connectivity index (χ1) is 10.7. The number of aliphatic hydroxyl groups excluding tert-OH is 4. The summed E-state index contributed by atoms with van der Waals surface area (Å²) in [7, 11) is 0. The Morgan fingerprint density at radius 2 is 1.83 bits per heavy atom. The van der Waals surface area contributed by atoms with Crippen molar-refractivity contribution in [3.63, 3.8) is 0 Å². The minimum absolute atomic E-state index is 0.137. The summed E-state index contributed by atoms with van der Waals surface area (Å²) in [6, 6.07) is 0.